The highest BCUT2D eigenvalue weighted by molar-refractivity contribution is 5.78. The van der Waals surface area contributed by atoms with Gasteiger partial charge in [0.15, 0.2) is 0 Å². The Kier molecular flexibility index (Phi) is 4.31. The number of aliphatic hydroxyl groups excluding tert-OH is 1. The first-order valence-electron chi connectivity index (χ1n) is 5.24. The SMILES string of the molecule is CC(C)[C@H](Nc1ccccc1CO)C(=O)O. The van der Waals surface area contributed by atoms with Gasteiger partial charge in [-0.3, -0.25) is 0 Å². The van der Waals surface area contributed by atoms with Crippen LogP contribution < -0.4 is 5.32 Å². The quantitative estimate of drug-likeness (QED) is 0.710. The van der Waals surface area contributed by atoms with Gasteiger partial charge in [-0.2, -0.15) is 0 Å². The van der Waals surface area contributed by atoms with Gasteiger partial charge in [0.05, 0.1) is 6.61 Å². The van der Waals surface area contributed by atoms with E-state index in [1.54, 1.807) is 18.2 Å². The maximum Gasteiger partial charge on any atom is 0.326 e. The van der Waals surface area contributed by atoms with E-state index in [-0.39, 0.29) is 12.5 Å². The molecule has 16 heavy (non-hydrogen) atoms. The Morgan fingerprint density at radius 2 is 2.00 bits per heavy atom. The number of aliphatic hydroxyl groups is 1. The molecule has 1 aromatic carbocycles. The highest BCUT2D eigenvalue weighted by Gasteiger charge is 2.21. The fourth-order valence-corrected chi connectivity index (χ4v) is 1.48. The molecule has 1 aromatic rings. The molecule has 0 heterocycles. The van der Waals surface area contributed by atoms with Gasteiger partial charge in [-0.25, -0.2) is 4.79 Å². The smallest absolute Gasteiger partial charge is 0.326 e. The fourth-order valence-electron chi connectivity index (χ4n) is 1.48. The molecule has 0 saturated carbocycles. The lowest BCUT2D eigenvalue weighted by Gasteiger charge is -2.20. The maximum atomic E-state index is 11.0. The van der Waals surface area contributed by atoms with Gasteiger partial charge in [0.1, 0.15) is 6.04 Å². The molecule has 0 radical (unpaired) electrons. The van der Waals surface area contributed by atoms with Crippen LogP contribution in [-0.4, -0.2) is 22.2 Å². The highest BCUT2D eigenvalue weighted by Crippen LogP contribution is 2.18. The summed E-state index contributed by atoms with van der Waals surface area (Å²) in [7, 11) is 0. The molecule has 0 aliphatic rings. The third-order valence-corrected chi connectivity index (χ3v) is 2.43. The molecule has 0 bridgehead atoms. The number of para-hydroxylation sites is 1. The Morgan fingerprint density at radius 3 is 2.50 bits per heavy atom. The molecule has 0 amide bonds. The van der Waals surface area contributed by atoms with E-state index in [2.05, 4.69) is 5.32 Å². The molecule has 0 aliphatic heterocycles. The van der Waals surface area contributed by atoms with E-state index in [4.69, 9.17) is 10.2 Å². The number of hydrogen-bond donors (Lipinski definition) is 3. The zero-order valence-electron chi connectivity index (χ0n) is 9.47. The molecule has 3 N–H and O–H groups in total. The zero-order valence-corrected chi connectivity index (χ0v) is 9.47. The second-order valence-corrected chi connectivity index (χ2v) is 4.02. The summed E-state index contributed by atoms with van der Waals surface area (Å²) in [6.45, 7) is 3.58. The molecule has 0 aromatic heterocycles. The third kappa shape index (κ3) is 2.97. The van der Waals surface area contributed by atoms with Crippen molar-refractivity contribution in [2.45, 2.75) is 26.5 Å². The monoisotopic (exact) mass is 223 g/mol. The van der Waals surface area contributed by atoms with E-state index < -0.39 is 12.0 Å². The Bertz CT molecular complexity index is 363. The standard InChI is InChI=1S/C12H17NO3/c1-8(2)11(12(15)16)13-10-6-4-3-5-9(10)7-14/h3-6,8,11,13-14H,7H2,1-2H3,(H,15,16)/t11-/m0/s1. The molecule has 0 fully saturated rings. The van der Waals surface area contributed by atoms with E-state index in [9.17, 15) is 4.79 Å². The van der Waals surface area contributed by atoms with Crippen molar-refractivity contribution in [1.29, 1.82) is 0 Å². The van der Waals surface area contributed by atoms with Gasteiger partial charge in [-0.15, -0.1) is 0 Å². The van der Waals surface area contributed by atoms with Gasteiger partial charge >= 0.3 is 5.97 Å². The molecule has 0 saturated heterocycles. The van der Waals surface area contributed by atoms with E-state index >= 15 is 0 Å². The van der Waals surface area contributed by atoms with Crippen LogP contribution in [0.5, 0.6) is 0 Å². The van der Waals surface area contributed by atoms with Crippen LogP contribution >= 0.6 is 0 Å². The average molecular weight is 223 g/mol. The first kappa shape index (κ1) is 12.5. The van der Waals surface area contributed by atoms with Crippen LogP contribution in [0.25, 0.3) is 0 Å². The highest BCUT2D eigenvalue weighted by atomic mass is 16.4. The Hall–Kier alpha value is -1.55. The summed E-state index contributed by atoms with van der Waals surface area (Å²) in [5, 5.41) is 21.1. The molecule has 88 valence electrons. The number of benzene rings is 1. The maximum absolute atomic E-state index is 11.0. The molecular formula is C12H17NO3. The minimum absolute atomic E-state index is 0.0238. The van der Waals surface area contributed by atoms with E-state index in [0.29, 0.717) is 11.3 Å². The molecule has 4 heteroatoms. The normalized spacial score (nSPS) is 12.5. The number of anilines is 1. The van der Waals surface area contributed by atoms with Gasteiger partial charge in [-0.05, 0) is 12.0 Å². The van der Waals surface area contributed by atoms with Crippen molar-refractivity contribution in [3.8, 4) is 0 Å². The van der Waals surface area contributed by atoms with Crippen LogP contribution in [0, 0.1) is 5.92 Å². The number of carbonyl (C=O) groups is 1. The number of carboxylic acid groups (broad SMARTS) is 1. The number of nitrogens with one attached hydrogen (secondary N) is 1. The second-order valence-electron chi connectivity index (χ2n) is 4.02. The largest absolute Gasteiger partial charge is 0.480 e. The number of carboxylic acids is 1. The van der Waals surface area contributed by atoms with Crippen LogP contribution in [0.3, 0.4) is 0 Å². The second kappa shape index (κ2) is 5.51. The lowest BCUT2D eigenvalue weighted by molar-refractivity contribution is -0.138. The van der Waals surface area contributed by atoms with Gasteiger partial charge in [0.25, 0.3) is 0 Å². The molecule has 4 nitrogen and oxygen atoms in total. The lowest BCUT2D eigenvalue weighted by Crippen LogP contribution is -2.34. The summed E-state index contributed by atoms with van der Waals surface area (Å²) in [5.74, 6) is -0.910. The predicted molar refractivity (Wildman–Crippen MR) is 62.2 cm³/mol. The van der Waals surface area contributed by atoms with Crippen molar-refractivity contribution in [1.82, 2.24) is 0 Å². The van der Waals surface area contributed by atoms with E-state index in [0.717, 1.165) is 0 Å². The van der Waals surface area contributed by atoms with Gasteiger partial charge < -0.3 is 15.5 Å². The van der Waals surface area contributed by atoms with E-state index in [1.807, 2.05) is 19.9 Å². The van der Waals surface area contributed by atoms with Crippen LogP contribution in [0.1, 0.15) is 19.4 Å². The Labute approximate surface area is 94.9 Å². The molecule has 0 spiro atoms. The van der Waals surface area contributed by atoms with Gasteiger partial charge in [-0.1, -0.05) is 32.0 Å². The summed E-state index contributed by atoms with van der Waals surface area (Å²) in [5.41, 5.74) is 1.38. The lowest BCUT2D eigenvalue weighted by atomic mass is 10.0. The summed E-state index contributed by atoms with van der Waals surface area (Å²) in [6, 6.07) is 6.50. The summed E-state index contributed by atoms with van der Waals surface area (Å²) < 4.78 is 0. The minimum Gasteiger partial charge on any atom is -0.480 e. The van der Waals surface area contributed by atoms with Crippen LogP contribution in [-0.2, 0) is 11.4 Å². The van der Waals surface area contributed by atoms with Crippen molar-refractivity contribution in [2.24, 2.45) is 5.92 Å². The third-order valence-electron chi connectivity index (χ3n) is 2.43. The van der Waals surface area contributed by atoms with Crippen molar-refractivity contribution in [2.75, 3.05) is 5.32 Å². The van der Waals surface area contributed by atoms with Gasteiger partial charge in [0, 0.05) is 11.3 Å². The number of hydrogen-bond acceptors (Lipinski definition) is 3. The molecule has 1 rings (SSSR count). The minimum atomic E-state index is -0.886. The zero-order chi connectivity index (χ0) is 12.1. The van der Waals surface area contributed by atoms with Crippen molar-refractivity contribution >= 4 is 11.7 Å². The van der Waals surface area contributed by atoms with Crippen molar-refractivity contribution in [3.63, 3.8) is 0 Å². The van der Waals surface area contributed by atoms with Crippen LogP contribution in [0.2, 0.25) is 0 Å². The molecule has 0 unspecified atom stereocenters. The predicted octanol–water partition coefficient (Wildman–Crippen LogP) is 1.70. The first-order valence-corrected chi connectivity index (χ1v) is 5.24. The fraction of sp³-hybridized carbons (Fsp3) is 0.417. The van der Waals surface area contributed by atoms with Crippen LogP contribution in [0.4, 0.5) is 5.69 Å². The summed E-state index contributed by atoms with van der Waals surface area (Å²) in [6.07, 6.45) is 0. The van der Waals surface area contributed by atoms with E-state index in [1.165, 1.54) is 0 Å². The van der Waals surface area contributed by atoms with Crippen molar-refractivity contribution < 1.29 is 15.0 Å². The Balaban J connectivity index is 2.89. The first-order chi connectivity index (χ1) is 7.56. The molecule has 0 aliphatic carbocycles. The molecular weight excluding hydrogens is 206 g/mol. The van der Waals surface area contributed by atoms with Crippen LogP contribution in [0.15, 0.2) is 24.3 Å². The number of rotatable bonds is 5. The summed E-state index contributed by atoms with van der Waals surface area (Å²) in [4.78, 5) is 11.0. The summed E-state index contributed by atoms with van der Waals surface area (Å²) >= 11 is 0. The topological polar surface area (TPSA) is 69.6 Å². The number of aliphatic carboxylic acids is 1. The van der Waals surface area contributed by atoms with Gasteiger partial charge in [0.2, 0.25) is 0 Å². The Morgan fingerprint density at radius 1 is 1.38 bits per heavy atom. The average Bonchev–Trinajstić information content (AvgIpc) is 2.25. The van der Waals surface area contributed by atoms with Crippen molar-refractivity contribution in [3.05, 3.63) is 29.8 Å². The molecule has 1 atom stereocenters.